The summed E-state index contributed by atoms with van der Waals surface area (Å²) in [7, 11) is 0. The van der Waals surface area contributed by atoms with E-state index in [1.165, 1.54) is 10.6 Å². The molecular weight excluding hydrogens is 319 g/mol. The van der Waals surface area contributed by atoms with Gasteiger partial charge >= 0.3 is 0 Å². The highest BCUT2D eigenvalue weighted by Crippen LogP contribution is 2.20. The Labute approximate surface area is 137 Å². The van der Waals surface area contributed by atoms with Gasteiger partial charge in [-0.1, -0.05) is 24.6 Å². The number of hydrogen-bond donors (Lipinski definition) is 0. The molecule has 1 aromatic carbocycles. The molecule has 0 radical (unpaired) electrons. The lowest BCUT2D eigenvalue weighted by molar-refractivity contribution is 0.555. The standard InChI is InChI=1S/C16H16ClFN4O/c1-4-11-9(2)19-16-20-10(3)21(22(16)15(11)23)8-12-13(17)6-5-7-14(12)18/h5-7H,4,8H2,1-3H3. The van der Waals surface area contributed by atoms with Crippen LogP contribution >= 0.6 is 11.6 Å². The molecule has 0 saturated carbocycles. The molecule has 120 valence electrons. The number of benzene rings is 1. The molecule has 0 spiro atoms. The fraction of sp³-hybridized carbons (Fsp3) is 0.312. The van der Waals surface area contributed by atoms with Crippen LogP contribution < -0.4 is 5.56 Å². The number of aromatic nitrogens is 4. The minimum absolute atomic E-state index is 0.113. The second-order valence-electron chi connectivity index (χ2n) is 5.36. The zero-order valence-electron chi connectivity index (χ0n) is 13.1. The fourth-order valence-electron chi connectivity index (χ4n) is 2.70. The highest BCUT2D eigenvalue weighted by Gasteiger charge is 2.17. The molecule has 0 bridgehead atoms. The monoisotopic (exact) mass is 334 g/mol. The van der Waals surface area contributed by atoms with Gasteiger partial charge in [0.1, 0.15) is 11.6 Å². The lowest BCUT2D eigenvalue weighted by Gasteiger charge is -2.11. The van der Waals surface area contributed by atoms with E-state index in [4.69, 9.17) is 11.6 Å². The number of hydrogen-bond acceptors (Lipinski definition) is 3. The molecule has 0 aliphatic heterocycles. The van der Waals surface area contributed by atoms with Crippen molar-refractivity contribution in [2.75, 3.05) is 0 Å². The molecule has 3 aromatic rings. The molecule has 2 heterocycles. The van der Waals surface area contributed by atoms with Gasteiger partial charge in [-0.25, -0.2) is 9.37 Å². The van der Waals surface area contributed by atoms with Crippen molar-refractivity contribution < 1.29 is 4.39 Å². The topological polar surface area (TPSA) is 52.2 Å². The number of halogens is 2. The molecule has 0 fully saturated rings. The van der Waals surface area contributed by atoms with Crippen LogP contribution in [0.15, 0.2) is 23.0 Å². The molecule has 23 heavy (non-hydrogen) atoms. The van der Waals surface area contributed by atoms with Gasteiger partial charge < -0.3 is 0 Å². The molecule has 5 nitrogen and oxygen atoms in total. The Morgan fingerprint density at radius 2 is 1.96 bits per heavy atom. The van der Waals surface area contributed by atoms with Crippen LogP contribution in [-0.4, -0.2) is 19.2 Å². The Kier molecular flexibility index (Phi) is 3.93. The summed E-state index contributed by atoms with van der Waals surface area (Å²) in [6, 6.07) is 4.52. The van der Waals surface area contributed by atoms with Gasteiger partial charge in [0.2, 0.25) is 0 Å². The maximum Gasteiger partial charge on any atom is 0.277 e. The van der Waals surface area contributed by atoms with Gasteiger partial charge in [-0.3, -0.25) is 9.48 Å². The minimum atomic E-state index is -0.414. The first-order chi connectivity index (χ1) is 10.9. The number of nitrogens with zero attached hydrogens (tertiary/aromatic N) is 4. The average Bonchev–Trinajstić information content (AvgIpc) is 2.79. The van der Waals surface area contributed by atoms with Crippen LogP contribution in [0.4, 0.5) is 4.39 Å². The van der Waals surface area contributed by atoms with E-state index in [0.29, 0.717) is 39.9 Å². The Morgan fingerprint density at radius 3 is 2.61 bits per heavy atom. The van der Waals surface area contributed by atoms with E-state index in [1.54, 1.807) is 30.7 Å². The maximum absolute atomic E-state index is 14.1. The van der Waals surface area contributed by atoms with Crippen LogP contribution in [-0.2, 0) is 13.0 Å². The first kappa shape index (κ1) is 15.7. The summed E-state index contributed by atoms with van der Waals surface area (Å²) in [6.45, 7) is 5.56. The number of rotatable bonds is 3. The van der Waals surface area contributed by atoms with Crippen molar-refractivity contribution in [2.24, 2.45) is 0 Å². The van der Waals surface area contributed by atoms with E-state index in [2.05, 4.69) is 9.97 Å². The van der Waals surface area contributed by atoms with Crippen molar-refractivity contribution in [2.45, 2.75) is 33.7 Å². The molecular formula is C16H16ClFN4O. The Bertz CT molecular complexity index is 941. The summed E-state index contributed by atoms with van der Waals surface area (Å²) >= 11 is 6.10. The lowest BCUT2D eigenvalue weighted by Crippen LogP contribution is -2.26. The zero-order chi connectivity index (χ0) is 16.7. The normalized spacial score (nSPS) is 11.3. The zero-order valence-corrected chi connectivity index (χ0v) is 13.9. The third-order valence-corrected chi connectivity index (χ3v) is 4.30. The number of fused-ring (bicyclic) bond motifs is 1. The van der Waals surface area contributed by atoms with Gasteiger partial charge in [0, 0.05) is 16.1 Å². The molecule has 0 amide bonds. The Hall–Kier alpha value is -2.21. The molecule has 0 saturated heterocycles. The summed E-state index contributed by atoms with van der Waals surface area (Å²) in [5.74, 6) is 0.471. The highest BCUT2D eigenvalue weighted by atomic mass is 35.5. The summed E-state index contributed by atoms with van der Waals surface area (Å²) in [4.78, 5) is 21.4. The van der Waals surface area contributed by atoms with Crippen LogP contribution in [0, 0.1) is 19.7 Å². The van der Waals surface area contributed by atoms with Gasteiger partial charge in [-0.15, -0.1) is 0 Å². The van der Waals surface area contributed by atoms with Crippen LogP contribution in [0.5, 0.6) is 0 Å². The van der Waals surface area contributed by atoms with E-state index in [-0.39, 0.29) is 12.1 Å². The maximum atomic E-state index is 14.1. The molecule has 0 aliphatic rings. The second-order valence-corrected chi connectivity index (χ2v) is 5.77. The first-order valence-corrected chi connectivity index (χ1v) is 7.70. The highest BCUT2D eigenvalue weighted by molar-refractivity contribution is 6.31. The van der Waals surface area contributed by atoms with Gasteiger partial charge in [-0.2, -0.15) is 9.50 Å². The van der Waals surface area contributed by atoms with E-state index < -0.39 is 5.82 Å². The predicted octanol–water partition coefficient (Wildman–Crippen LogP) is 2.91. The van der Waals surface area contributed by atoms with E-state index in [0.717, 1.165) is 0 Å². The smallest absolute Gasteiger partial charge is 0.267 e. The molecule has 0 aliphatic carbocycles. The van der Waals surface area contributed by atoms with E-state index in [1.807, 2.05) is 6.92 Å². The molecule has 3 rings (SSSR count). The largest absolute Gasteiger partial charge is 0.277 e. The number of aryl methyl sites for hydroxylation is 2. The van der Waals surface area contributed by atoms with Crippen molar-refractivity contribution in [1.82, 2.24) is 19.2 Å². The van der Waals surface area contributed by atoms with Crippen molar-refractivity contribution in [3.8, 4) is 0 Å². The Morgan fingerprint density at radius 1 is 1.22 bits per heavy atom. The van der Waals surface area contributed by atoms with Crippen molar-refractivity contribution >= 4 is 17.4 Å². The van der Waals surface area contributed by atoms with Crippen LogP contribution in [0.1, 0.15) is 29.6 Å². The molecule has 7 heteroatoms. The SMILES string of the molecule is CCc1c(C)nc2nc(C)n(Cc3c(F)cccc3Cl)n2c1=O. The van der Waals surface area contributed by atoms with E-state index in [9.17, 15) is 9.18 Å². The summed E-state index contributed by atoms with van der Waals surface area (Å²) in [5, 5.41) is 0.315. The van der Waals surface area contributed by atoms with Gasteiger partial charge in [0.15, 0.2) is 0 Å². The quantitative estimate of drug-likeness (QED) is 0.740. The van der Waals surface area contributed by atoms with Crippen molar-refractivity contribution in [3.05, 3.63) is 62.0 Å². The van der Waals surface area contributed by atoms with Gasteiger partial charge in [0.25, 0.3) is 11.3 Å². The summed E-state index contributed by atoms with van der Waals surface area (Å²) < 4.78 is 17.1. The van der Waals surface area contributed by atoms with Crippen LogP contribution in [0.2, 0.25) is 5.02 Å². The molecule has 0 unspecified atom stereocenters. The van der Waals surface area contributed by atoms with Crippen LogP contribution in [0.3, 0.4) is 0 Å². The van der Waals surface area contributed by atoms with Gasteiger partial charge in [-0.05, 0) is 32.4 Å². The van der Waals surface area contributed by atoms with Gasteiger partial charge in [0.05, 0.1) is 12.2 Å². The molecule has 0 atom stereocenters. The van der Waals surface area contributed by atoms with Crippen LogP contribution in [0.25, 0.3) is 5.78 Å². The summed E-state index contributed by atoms with van der Waals surface area (Å²) in [6.07, 6.45) is 0.575. The first-order valence-electron chi connectivity index (χ1n) is 7.32. The molecule has 0 N–H and O–H groups in total. The summed E-state index contributed by atoms with van der Waals surface area (Å²) in [5.41, 5.74) is 1.44. The van der Waals surface area contributed by atoms with Crippen molar-refractivity contribution in [3.63, 3.8) is 0 Å². The minimum Gasteiger partial charge on any atom is -0.267 e. The second kappa shape index (κ2) is 5.77. The van der Waals surface area contributed by atoms with Crippen molar-refractivity contribution in [1.29, 1.82) is 0 Å². The third kappa shape index (κ3) is 2.53. The fourth-order valence-corrected chi connectivity index (χ4v) is 2.92. The Balaban J connectivity index is 2.26. The third-order valence-electron chi connectivity index (χ3n) is 3.94. The molecule has 2 aromatic heterocycles. The van der Waals surface area contributed by atoms with E-state index >= 15 is 0 Å². The lowest BCUT2D eigenvalue weighted by atomic mass is 10.2. The predicted molar refractivity (Wildman–Crippen MR) is 86.6 cm³/mol. The average molecular weight is 335 g/mol.